The Labute approximate surface area is 104 Å². The number of carbonyl (C=O) groups is 2. The van der Waals surface area contributed by atoms with Crippen LogP contribution in [0.4, 0.5) is 0 Å². The molecule has 1 aliphatic rings. The average molecular weight is 250 g/mol. The smallest absolute Gasteiger partial charge is 0.328 e. The van der Waals surface area contributed by atoms with Crippen molar-refractivity contribution in [1.82, 2.24) is 9.88 Å². The average Bonchev–Trinajstić information content (AvgIpc) is 2.38. The Morgan fingerprint density at radius 1 is 1.56 bits per heavy atom. The van der Waals surface area contributed by atoms with Gasteiger partial charge in [0.15, 0.2) is 6.04 Å². The first-order valence-electron chi connectivity index (χ1n) is 5.64. The van der Waals surface area contributed by atoms with E-state index < -0.39 is 12.0 Å². The van der Waals surface area contributed by atoms with Gasteiger partial charge < -0.3 is 14.7 Å². The Morgan fingerprint density at radius 3 is 3.00 bits per heavy atom. The number of nitrogens with zero attached hydrogens (tertiary/aromatic N) is 2. The molecule has 2 rings (SSSR count). The van der Waals surface area contributed by atoms with Crippen molar-refractivity contribution < 1.29 is 19.4 Å². The van der Waals surface area contributed by atoms with Crippen LogP contribution >= 0.6 is 0 Å². The zero-order valence-corrected chi connectivity index (χ0v) is 10.00. The third kappa shape index (κ3) is 2.33. The molecule has 1 saturated heterocycles. The molecule has 1 fully saturated rings. The van der Waals surface area contributed by atoms with E-state index in [1.54, 1.807) is 25.3 Å². The second-order valence-electron chi connectivity index (χ2n) is 4.06. The van der Waals surface area contributed by atoms with Gasteiger partial charge in [-0.1, -0.05) is 0 Å². The fourth-order valence-electron chi connectivity index (χ4n) is 1.92. The SMILES string of the molecule is Cc1ncccc1C(=O)N1CCOCC1C(=O)O. The maximum Gasteiger partial charge on any atom is 0.328 e. The molecule has 0 bridgehead atoms. The van der Waals surface area contributed by atoms with Crippen molar-refractivity contribution in [1.29, 1.82) is 0 Å². The normalized spacial score (nSPS) is 19.6. The summed E-state index contributed by atoms with van der Waals surface area (Å²) < 4.78 is 5.10. The van der Waals surface area contributed by atoms with Crippen molar-refractivity contribution >= 4 is 11.9 Å². The van der Waals surface area contributed by atoms with Crippen LogP contribution < -0.4 is 0 Å². The molecule has 1 atom stereocenters. The molecule has 0 aromatic carbocycles. The first kappa shape index (κ1) is 12.5. The topological polar surface area (TPSA) is 79.7 Å². The van der Waals surface area contributed by atoms with Crippen LogP contribution in [0.3, 0.4) is 0 Å². The number of carbonyl (C=O) groups excluding carboxylic acids is 1. The number of ether oxygens (including phenoxy) is 1. The summed E-state index contributed by atoms with van der Waals surface area (Å²) in [5.41, 5.74) is 1.03. The van der Waals surface area contributed by atoms with Gasteiger partial charge in [-0.3, -0.25) is 9.78 Å². The third-order valence-corrected chi connectivity index (χ3v) is 2.91. The molecule has 0 radical (unpaired) electrons. The van der Waals surface area contributed by atoms with Crippen molar-refractivity contribution in [3.05, 3.63) is 29.6 Å². The van der Waals surface area contributed by atoms with Crippen molar-refractivity contribution in [3.63, 3.8) is 0 Å². The van der Waals surface area contributed by atoms with E-state index in [2.05, 4.69) is 4.98 Å². The van der Waals surface area contributed by atoms with E-state index in [4.69, 9.17) is 9.84 Å². The third-order valence-electron chi connectivity index (χ3n) is 2.91. The summed E-state index contributed by atoms with van der Waals surface area (Å²) in [4.78, 5) is 28.8. The fraction of sp³-hybridized carbons (Fsp3) is 0.417. The number of morpholine rings is 1. The molecule has 1 amide bonds. The highest BCUT2D eigenvalue weighted by atomic mass is 16.5. The molecule has 1 aliphatic heterocycles. The van der Waals surface area contributed by atoms with Gasteiger partial charge >= 0.3 is 5.97 Å². The van der Waals surface area contributed by atoms with E-state index in [1.165, 1.54) is 4.90 Å². The molecular formula is C12H14N2O4. The molecule has 6 heteroatoms. The number of pyridine rings is 1. The van der Waals surface area contributed by atoms with Crippen molar-refractivity contribution in [2.24, 2.45) is 0 Å². The molecule has 1 aromatic heterocycles. The monoisotopic (exact) mass is 250 g/mol. The minimum absolute atomic E-state index is 0.0282. The zero-order chi connectivity index (χ0) is 13.1. The van der Waals surface area contributed by atoms with Gasteiger partial charge in [0.2, 0.25) is 0 Å². The Morgan fingerprint density at radius 2 is 2.33 bits per heavy atom. The second-order valence-corrected chi connectivity index (χ2v) is 4.06. The number of aliphatic carboxylic acids is 1. The van der Waals surface area contributed by atoms with Crippen LogP contribution in [0.1, 0.15) is 16.1 Å². The van der Waals surface area contributed by atoms with Crippen molar-refractivity contribution in [2.75, 3.05) is 19.8 Å². The van der Waals surface area contributed by atoms with E-state index >= 15 is 0 Å². The fourth-order valence-corrected chi connectivity index (χ4v) is 1.92. The van der Waals surface area contributed by atoms with Gasteiger partial charge in [-0.05, 0) is 19.1 Å². The summed E-state index contributed by atoms with van der Waals surface area (Å²) in [6, 6.07) is 2.39. The Bertz CT molecular complexity index is 475. The maximum atomic E-state index is 12.3. The van der Waals surface area contributed by atoms with Crippen LogP contribution in [0, 0.1) is 6.92 Å². The first-order valence-corrected chi connectivity index (χ1v) is 5.64. The van der Waals surface area contributed by atoms with E-state index in [1.807, 2.05) is 0 Å². The van der Waals surface area contributed by atoms with E-state index in [0.29, 0.717) is 17.9 Å². The van der Waals surface area contributed by atoms with Crippen LogP contribution in [0.15, 0.2) is 18.3 Å². The van der Waals surface area contributed by atoms with Crippen LogP contribution in [-0.2, 0) is 9.53 Å². The van der Waals surface area contributed by atoms with Crippen LogP contribution in [0.5, 0.6) is 0 Å². The predicted molar refractivity (Wildman–Crippen MR) is 62.3 cm³/mol. The summed E-state index contributed by atoms with van der Waals surface area (Å²) in [5.74, 6) is -1.36. The number of hydrogen-bond donors (Lipinski definition) is 1. The Balaban J connectivity index is 2.27. The summed E-state index contributed by atoms with van der Waals surface area (Å²) >= 11 is 0. The number of aromatic nitrogens is 1. The molecule has 1 N–H and O–H groups in total. The molecule has 0 spiro atoms. The molecular weight excluding hydrogens is 236 g/mol. The second kappa shape index (κ2) is 5.14. The number of rotatable bonds is 2. The highest BCUT2D eigenvalue weighted by Crippen LogP contribution is 2.14. The largest absolute Gasteiger partial charge is 0.480 e. The molecule has 1 unspecified atom stereocenters. The van der Waals surface area contributed by atoms with Gasteiger partial charge in [-0.15, -0.1) is 0 Å². The first-order chi connectivity index (χ1) is 8.61. The minimum atomic E-state index is -1.05. The lowest BCUT2D eigenvalue weighted by atomic mass is 10.1. The van der Waals surface area contributed by atoms with Crippen LogP contribution in [0.2, 0.25) is 0 Å². The number of carboxylic acids is 1. The molecule has 2 heterocycles. The molecule has 6 nitrogen and oxygen atoms in total. The van der Waals surface area contributed by atoms with Gasteiger partial charge in [-0.2, -0.15) is 0 Å². The molecule has 96 valence electrons. The number of amides is 1. The number of hydrogen-bond acceptors (Lipinski definition) is 4. The lowest BCUT2D eigenvalue weighted by molar-refractivity contribution is -0.147. The minimum Gasteiger partial charge on any atom is -0.480 e. The summed E-state index contributed by atoms with van der Waals surface area (Å²) in [6.45, 7) is 2.39. The quantitative estimate of drug-likeness (QED) is 0.817. The summed E-state index contributed by atoms with van der Waals surface area (Å²) in [5, 5.41) is 9.08. The molecule has 0 aliphatic carbocycles. The van der Waals surface area contributed by atoms with E-state index in [-0.39, 0.29) is 19.1 Å². The number of carboxylic acid groups (broad SMARTS) is 1. The van der Waals surface area contributed by atoms with Gasteiger partial charge in [0, 0.05) is 18.4 Å². The van der Waals surface area contributed by atoms with Gasteiger partial charge in [0.25, 0.3) is 5.91 Å². The summed E-state index contributed by atoms with van der Waals surface area (Å²) in [7, 11) is 0. The maximum absolute atomic E-state index is 12.3. The lowest BCUT2D eigenvalue weighted by Crippen LogP contribution is -2.52. The molecule has 1 aromatic rings. The summed E-state index contributed by atoms with van der Waals surface area (Å²) in [6.07, 6.45) is 1.60. The van der Waals surface area contributed by atoms with Crippen LogP contribution in [-0.4, -0.2) is 52.7 Å². The van der Waals surface area contributed by atoms with Gasteiger partial charge in [0.05, 0.1) is 18.8 Å². The standard InChI is InChI=1S/C12H14N2O4/c1-8-9(3-2-4-13-8)11(15)14-5-6-18-7-10(14)12(16)17/h2-4,10H,5-7H2,1H3,(H,16,17). The van der Waals surface area contributed by atoms with Crippen LogP contribution in [0.25, 0.3) is 0 Å². The number of aryl methyl sites for hydroxylation is 1. The lowest BCUT2D eigenvalue weighted by Gasteiger charge is -2.33. The molecule has 18 heavy (non-hydrogen) atoms. The van der Waals surface area contributed by atoms with Crippen molar-refractivity contribution in [3.8, 4) is 0 Å². The van der Waals surface area contributed by atoms with E-state index in [0.717, 1.165) is 0 Å². The Kier molecular flexibility index (Phi) is 3.57. The zero-order valence-electron chi connectivity index (χ0n) is 10.00. The predicted octanol–water partition coefficient (Wildman–Crippen LogP) is 0.316. The van der Waals surface area contributed by atoms with Gasteiger partial charge in [0.1, 0.15) is 0 Å². The van der Waals surface area contributed by atoms with Gasteiger partial charge in [-0.25, -0.2) is 4.79 Å². The highest BCUT2D eigenvalue weighted by molar-refractivity contribution is 5.97. The van der Waals surface area contributed by atoms with Crippen molar-refractivity contribution in [2.45, 2.75) is 13.0 Å². The highest BCUT2D eigenvalue weighted by Gasteiger charge is 2.33. The van der Waals surface area contributed by atoms with E-state index in [9.17, 15) is 9.59 Å². The Hall–Kier alpha value is -1.95. The molecule has 0 saturated carbocycles.